The number of benzene rings is 2. The molecular weight excluding hydrogens is 288 g/mol. The molecule has 18 heavy (non-hydrogen) atoms. The van der Waals surface area contributed by atoms with Gasteiger partial charge < -0.3 is 10.2 Å². The van der Waals surface area contributed by atoms with E-state index in [2.05, 4.69) is 74.7 Å². The number of hydrogen-bond donors (Lipinski definition) is 1. The summed E-state index contributed by atoms with van der Waals surface area (Å²) in [5.41, 5.74) is 3.86. The molecule has 1 aliphatic heterocycles. The molecule has 0 saturated heterocycles. The Labute approximate surface area is 116 Å². The van der Waals surface area contributed by atoms with Gasteiger partial charge in [-0.3, -0.25) is 0 Å². The van der Waals surface area contributed by atoms with Crippen LogP contribution >= 0.6 is 15.9 Å². The van der Waals surface area contributed by atoms with E-state index < -0.39 is 0 Å². The SMILES string of the molecule is Brc1cccc(CN2CCNc3ccccc32)c1. The van der Waals surface area contributed by atoms with Gasteiger partial charge in [0.1, 0.15) is 0 Å². The van der Waals surface area contributed by atoms with Crippen molar-refractivity contribution < 1.29 is 0 Å². The molecule has 0 unspecified atom stereocenters. The largest absolute Gasteiger partial charge is 0.382 e. The highest BCUT2D eigenvalue weighted by molar-refractivity contribution is 9.10. The van der Waals surface area contributed by atoms with Gasteiger partial charge in [-0.2, -0.15) is 0 Å². The number of nitrogens with zero attached hydrogens (tertiary/aromatic N) is 1. The van der Waals surface area contributed by atoms with Gasteiger partial charge in [0.2, 0.25) is 0 Å². The average molecular weight is 303 g/mol. The Balaban J connectivity index is 1.86. The molecule has 0 fully saturated rings. The first kappa shape index (κ1) is 11.6. The third-order valence-corrected chi connectivity index (χ3v) is 3.70. The zero-order chi connectivity index (χ0) is 12.4. The minimum atomic E-state index is 0.956. The van der Waals surface area contributed by atoms with Gasteiger partial charge in [0.25, 0.3) is 0 Å². The van der Waals surface area contributed by atoms with Crippen LogP contribution in [-0.2, 0) is 6.54 Å². The van der Waals surface area contributed by atoms with Crippen LogP contribution in [0.25, 0.3) is 0 Å². The molecule has 3 heteroatoms. The van der Waals surface area contributed by atoms with Crippen molar-refractivity contribution in [1.29, 1.82) is 0 Å². The van der Waals surface area contributed by atoms with Gasteiger partial charge in [-0.05, 0) is 29.8 Å². The molecule has 2 aromatic carbocycles. The van der Waals surface area contributed by atoms with Gasteiger partial charge in [-0.25, -0.2) is 0 Å². The number of hydrogen-bond acceptors (Lipinski definition) is 2. The Morgan fingerprint density at radius 2 is 2.00 bits per heavy atom. The summed E-state index contributed by atoms with van der Waals surface area (Å²) in [6, 6.07) is 17.0. The number of rotatable bonds is 2. The minimum Gasteiger partial charge on any atom is -0.382 e. The van der Waals surface area contributed by atoms with Crippen molar-refractivity contribution in [3.63, 3.8) is 0 Å². The van der Waals surface area contributed by atoms with Gasteiger partial charge in [0.15, 0.2) is 0 Å². The quantitative estimate of drug-likeness (QED) is 0.905. The van der Waals surface area contributed by atoms with E-state index in [9.17, 15) is 0 Å². The smallest absolute Gasteiger partial charge is 0.0605 e. The molecule has 1 heterocycles. The summed E-state index contributed by atoms with van der Waals surface area (Å²) >= 11 is 3.53. The molecule has 1 N–H and O–H groups in total. The molecule has 0 aliphatic carbocycles. The Hall–Kier alpha value is -1.48. The maximum atomic E-state index is 3.53. The summed E-state index contributed by atoms with van der Waals surface area (Å²) in [7, 11) is 0. The summed E-state index contributed by atoms with van der Waals surface area (Å²) in [5.74, 6) is 0. The lowest BCUT2D eigenvalue weighted by molar-refractivity contribution is 0.787. The van der Waals surface area contributed by atoms with Crippen LogP contribution in [0, 0.1) is 0 Å². The number of halogens is 1. The molecule has 92 valence electrons. The Morgan fingerprint density at radius 1 is 1.11 bits per heavy atom. The fourth-order valence-electron chi connectivity index (χ4n) is 2.36. The first-order valence-corrected chi connectivity index (χ1v) is 6.94. The molecule has 3 rings (SSSR count). The maximum absolute atomic E-state index is 3.53. The van der Waals surface area contributed by atoms with Gasteiger partial charge in [0.05, 0.1) is 11.4 Å². The maximum Gasteiger partial charge on any atom is 0.0605 e. The van der Waals surface area contributed by atoms with Crippen molar-refractivity contribution in [2.45, 2.75) is 6.54 Å². The van der Waals surface area contributed by atoms with Crippen LogP contribution in [-0.4, -0.2) is 13.1 Å². The minimum absolute atomic E-state index is 0.956. The molecule has 0 aromatic heterocycles. The highest BCUT2D eigenvalue weighted by Gasteiger charge is 2.15. The standard InChI is InChI=1S/C15H15BrN2/c16-13-5-3-4-12(10-13)11-18-9-8-17-14-6-1-2-7-15(14)18/h1-7,10,17H,8-9,11H2. The van der Waals surface area contributed by atoms with E-state index in [4.69, 9.17) is 0 Å². The van der Waals surface area contributed by atoms with Crippen LogP contribution in [0.2, 0.25) is 0 Å². The molecule has 0 bridgehead atoms. The van der Waals surface area contributed by atoms with Gasteiger partial charge in [-0.15, -0.1) is 0 Å². The fourth-order valence-corrected chi connectivity index (χ4v) is 2.81. The van der Waals surface area contributed by atoms with E-state index in [-0.39, 0.29) is 0 Å². The molecule has 0 amide bonds. The van der Waals surface area contributed by atoms with E-state index in [1.54, 1.807) is 0 Å². The van der Waals surface area contributed by atoms with Gasteiger partial charge >= 0.3 is 0 Å². The second-order valence-electron chi connectivity index (χ2n) is 4.50. The van der Waals surface area contributed by atoms with Crippen LogP contribution in [0.4, 0.5) is 11.4 Å². The predicted molar refractivity (Wildman–Crippen MR) is 80.1 cm³/mol. The lowest BCUT2D eigenvalue weighted by atomic mass is 10.1. The first-order valence-electron chi connectivity index (χ1n) is 6.15. The van der Waals surface area contributed by atoms with E-state index in [0.29, 0.717) is 0 Å². The van der Waals surface area contributed by atoms with Crippen LogP contribution in [0.5, 0.6) is 0 Å². The summed E-state index contributed by atoms with van der Waals surface area (Å²) in [6.45, 7) is 3.01. The summed E-state index contributed by atoms with van der Waals surface area (Å²) in [5, 5.41) is 3.44. The third kappa shape index (κ3) is 2.36. The van der Waals surface area contributed by atoms with E-state index in [1.807, 2.05) is 0 Å². The zero-order valence-electron chi connectivity index (χ0n) is 10.1. The second kappa shape index (κ2) is 5.02. The molecule has 1 aliphatic rings. The van der Waals surface area contributed by atoms with Crippen molar-refractivity contribution in [1.82, 2.24) is 0 Å². The zero-order valence-corrected chi connectivity index (χ0v) is 11.7. The summed E-state index contributed by atoms with van der Waals surface area (Å²) in [4.78, 5) is 2.42. The molecule has 0 atom stereocenters. The first-order chi connectivity index (χ1) is 8.83. The lowest BCUT2D eigenvalue weighted by Crippen LogP contribution is -2.33. The number of fused-ring (bicyclic) bond motifs is 1. The van der Waals surface area contributed by atoms with Crippen LogP contribution < -0.4 is 10.2 Å². The van der Waals surface area contributed by atoms with Crippen LogP contribution in [0.3, 0.4) is 0 Å². The Bertz CT molecular complexity index is 554. The molecule has 2 nitrogen and oxygen atoms in total. The Kier molecular flexibility index (Phi) is 3.24. The van der Waals surface area contributed by atoms with Crippen molar-refractivity contribution in [2.75, 3.05) is 23.3 Å². The fraction of sp³-hybridized carbons (Fsp3) is 0.200. The summed E-state index contributed by atoms with van der Waals surface area (Å²) in [6.07, 6.45) is 0. The normalized spacial score (nSPS) is 13.9. The lowest BCUT2D eigenvalue weighted by Gasteiger charge is -2.32. The summed E-state index contributed by atoms with van der Waals surface area (Å²) < 4.78 is 1.14. The molecular formula is C15H15BrN2. The molecule has 0 radical (unpaired) electrons. The molecule has 0 spiro atoms. The highest BCUT2D eigenvalue weighted by atomic mass is 79.9. The predicted octanol–water partition coefficient (Wildman–Crippen LogP) is 3.88. The average Bonchev–Trinajstić information content (AvgIpc) is 2.39. The monoisotopic (exact) mass is 302 g/mol. The third-order valence-electron chi connectivity index (χ3n) is 3.20. The Morgan fingerprint density at radius 3 is 2.89 bits per heavy atom. The van der Waals surface area contributed by atoms with Gasteiger partial charge in [0, 0.05) is 24.1 Å². The van der Waals surface area contributed by atoms with E-state index in [1.165, 1.54) is 16.9 Å². The van der Waals surface area contributed by atoms with E-state index in [0.717, 1.165) is 24.1 Å². The number of anilines is 2. The highest BCUT2D eigenvalue weighted by Crippen LogP contribution is 2.29. The van der Waals surface area contributed by atoms with Crippen molar-refractivity contribution in [2.24, 2.45) is 0 Å². The molecule has 0 saturated carbocycles. The second-order valence-corrected chi connectivity index (χ2v) is 5.41. The van der Waals surface area contributed by atoms with Crippen LogP contribution in [0.1, 0.15) is 5.56 Å². The van der Waals surface area contributed by atoms with Crippen molar-refractivity contribution >= 4 is 27.3 Å². The number of nitrogens with one attached hydrogen (secondary N) is 1. The van der Waals surface area contributed by atoms with Gasteiger partial charge in [-0.1, -0.05) is 40.2 Å². The van der Waals surface area contributed by atoms with E-state index >= 15 is 0 Å². The van der Waals surface area contributed by atoms with Crippen LogP contribution in [0.15, 0.2) is 53.0 Å². The topological polar surface area (TPSA) is 15.3 Å². The van der Waals surface area contributed by atoms with Crippen molar-refractivity contribution in [3.8, 4) is 0 Å². The molecule has 2 aromatic rings. The number of para-hydroxylation sites is 2. The van der Waals surface area contributed by atoms with Crippen molar-refractivity contribution in [3.05, 3.63) is 58.6 Å².